The summed E-state index contributed by atoms with van der Waals surface area (Å²) in [7, 11) is 3.72. The Bertz CT molecular complexity index is 1010. The molecule has 2 atom stereocenters. The number of esters is 2. The lowest BCUT2D eigenvalue weighted by molar-refractivity contribution is -0.384. The van der Waals surface area contributed by atoms with E-state index in [1.807, 2.05) is 19.0 Å². The van der Waals surface area contributed by atoms with E-state index in [-0.39, 0.29) is 23.4 Å². The molecule has 0 amide bonds. The summed E-state index contributed by atoms with van der Waals surface area (Å²) in [6.07, 6.45) is 1.69. The first-order valence-corrected chi connectivity index (χ1v) is 11.3. The molecule has 1 aromatic carbocycles. The van der Waals surface area contributed by atoms with Gasteiger partial charge in [0.2, 0.25) is 6.29 Å². The van der Waals surface area contributed by atoms with Gasteiger partial charge in [0.1, 0.15) is 6.61 Å². The number of likely N-dealkylation sites (N-methyl/N-ethyl adjacent to an activating group) is 1. The fraction of sp³-hybridized carbons (Fsp3) is 0.500. The van der Waals surface area contributed by atoms with Crippen LogP contribution in [-0.4, -0.2) is 61.9 Å². The predicted octanol–water partition coefficient (Wildman–Crippen LogP) is 3.00. The first kappa shape index (κ1) is 25.4. The van der Waals surface area contributed by atoms with Crippen molar-refractivity contribution >= 4 is 17.6 Å². The maximum absolute atomic E-state index is 13.3. The molecule has 2 unspecified atom stereocenters. The number of ether oxygens (including phenoxy) is 3. The van der Waals surface area contributed by atoms with Crippen LogP contribution in [0.2, 0.25) is 0 Å². The molecule has 0 aliphatic carbocycles. The zero-order valence-corrected chi connectivity index (χ0v) is 20.0. The van der Waals surface area contributed by atoms with Gasteiger partial charge in [0.25, 0.3) is 5.69 Å². The van der Waals surface area contributed by atoms with Crippen LogP contribution in [-0.2, 0) is 23.8 Å². The Kier molecular flexibility index (Phi) is 8.41. The molecule has 0 radical (unpaired) electrons. The van der Waals surface area contributed by atoms with E-state index in [0.29, 0.717) is 36.5 Å². The number of nitro groups is 1. The van der Waals surface area contributed by atoms with Crippen LogP contribution in [0.1, 0.15) is 44.6 Å². The highest BCUT2D eigenvalue weighted by Gasteiger charge is 2.39. The van der Waals surface area contributed by atoms with E-state index in [1.54, 1.807) is 19.9 Å². The largest absolute Gasteiger partial charge is 0.461 e. The van der Waals surface area contributed by atoms with Gasteiger partial charge in [-0.25, -0.2) is 9.59 Å². The van der Waals surface area contributed by atoms with Crippen molar-refractivity contribution in [3.8, 4) is 0 Å². The number of nitrogens with zero attached hydrogens (tertiary/aromatic N) is 2. The van der Waals surface area contributed by atoms with Crippen LogP contribution < -0.4 is 5.32 Å². The van der Waals surface area contributed by atoms with E-state index in [9.17, 15) is 19.7 Å². The van der Waals surface area contributed by atoms with E-state index >= 15 is 0 Å². The van der Waals surface area contributed by atoms with Crippen LogP contribution in [0.25, 0.3) is 0 Å². The summed E-state index contributed by atoms with van der Waals surface area (Å²) in [5.74, 6) is -2.14. The average molecular weight is 474 g/mol. The molecule has 2 aliphatic rings. The second kappa shape index (κ2) is 11.3. The molecule has 34 heavy (non-hydrogen) atoms. The Morgan fingerprint density at radius 3 is 2.50 bits per heavy atom. The van der Waals surface area contributed by atoms with Crippen LogP contribution in [0, 0.1) is 10.1 Å². The SMILES string of the molecule is CC1=C(C(=O)OCCN(C)C)C(c2cccc([N+](=O)[O-])c2)C(C(=O)OC2CCCCO2)=C(C)N1. The highest BCUT2D eigenvalue weighted by Crippen LogP contribution is 2.40. The van der Waals surface area contributed by atoms with Crippen molar-refractivity contribution < 1.29 is 28.7 Å². The smallest absolute Gasteiger partial charge is 0.339 e. The van der Waals surface area contributed by atoms with Gasteiger partial charge in [-0.15, -0.1) is 0 Å². The van der Waals surface area contributed by atoms with E-state index in [2.05, 4.69) is 5.32 Å². The first-order valence-electron chi connectivity index (χ1n) is 11.3. The van der Waals surface area contributed by atoms with Gasteiger partial charge in [0.15, 0.2) is 0 Å². The summed E-state index contributed by atoms with van der Waals surface area (Å²) in [4.78, 5) is 39.3. The Balaban J connectivity index is 2.01. The minimum atomic E-state index is -0.899. The van der Waals surface area contributed by atoms with Crippen LogP contribution in [0.4, 0.5) is 5.69 Å². The third-order valence-corrected chi connectivity index (χ3v) is 5.76. The predicted molar refractivity (Wildman–Crippen MR) is 124 cm³/mol. The molecule has 1 fully saturated rings. The van der Waals surface area contributed by atoms with Crippen molar-refractivity contribution in [2.24, 2.45) is 0 Å². The number of carbonyl (C=O) groups is 2. The number of dihydropyridines is 1. The lowest BCUT2D eigenvalue weighted by Crippen LogP contribution is -2.35. The van der Waals surface area contributed by atoms with Gasteiger partial charge in [0, 0.05) is 36.5 Å². The van der Waals surface area contributed by atoms with Gasteiger partial charge in [-0.3, -0.25) is 10.1 Å². The zero-order chi connectivity index (χ0) is 24.8. The maximum Gasteiger partial charge on any atom is 0.339 e. The van der Waals surface area contributed by atoms with Crippen LogP contribution in [0.5, 0.6) is 0 Å². The monoisotopic (exact) mass is 473 g/mol. The topological polar surface area (TPSA) is 120 Å². The molecule has 1 aromatic rings. The van der Waals surface area contributed by atoms with Gasteiger partial charge >= 0.3 is 11.9 Å². The molecule has 1 N–H and O–H groups in total. The number of non-ortho nitro benzene ring substituents is 1. The van der Waals surface area contributed by atoms with Crippen molar-refractivity contribution in [1.82, 2.24) is 10.2 Å². The molecule has 10 nitrogen and oxygen atoms in total. The fourth-order valence-electron chi connectivity index (χ4n) is 4.07. The fourth-order valence-corrected chi connectivity index (χ4v) is 4.07. The second-order valence-corrected chi connectivity index (χ2v) is 8.63. The number of benzene rings is 1. The zero-order valence-electron chi connectivity index (χ0n) is 20.0. The minimum absolute atomic E-state index is 0.144. The Morgan fingerprint density at radius 1 is 1.18 bits per heavy atom. The molecular weight excluding hydrogens is 442 g/mol. The maximum atomic E-state index is 13.3. The van der Waals surface area contributed by atoms with Crippen LogP contribution >= 0.6 is 0 Å². The van der Waals surface area contributed by atoms with Gasteiger partial charge < -0.3 is 24.4 Å². The van der Waals surface area contributed by atoms with E-state index in [1.165, 1.54) is 18.2 Å². The number of nitrogens with one attached hydrogen (secondary N) is 1. The molecule has 0 spiro atoms. The third-order valence-electron chi connectivity index (χ3n) is 5.76. The Hall–Kier alpha value is -3.24. The summed E-state index contributed by atoms with van der Waals surface area (Å²) in [6, 6.07) is 5.91. The van der Waals surface area contributed by atoms with Crippen LogP contribution in [0.15, 0.2) is 46.8 Å². The Morgan fingerprint density at radius 2 is 1.88 bits per heavy atom. The Labute approximate surface area is 198 Å². The average Bonchev–Trinajstić information content (AvgIpc) is 2.78. The van der Waals surface area contributed by atoms with E-state index in [0.717, 1.165) is 12.8 Å². The molecule has 10 heteroatoms. The van der Waals surface area contributed by atoms with Crippen molar-refractivity contribution in [2.45, 2.75) is 45.3 Å². The molecule has 184 valence electrons. The lowest BCUT2D eigenvalue weighted by atomic mass is 9.80. The van der Waals surface area contributed by atoms with E-state index < -0.39 is 29.1 Å². The number of hydrogen-bond acceptors (Lipinski definition) is 9. The second-order valence-electron chi connectivity index (χ2n) is 8.63. The number of carbonyl (C=O) groups excluding carboxylic acids is 2. The minimum Gasteiger partial charge on any atom is -0.461 e. The summed E-state index contributed by atoms with van der Waals surface area (Å²) in [5.41, 5.74) is 1.69. The molecular formula is C24H31N3O7. The summed E-state index contributed by atoms with van der Waals surface area (Å²) in [5, 5.41) is 14.5. The van der Waals surface area contributed by atoms with Gasteiger partial charge in [-0.05, 0) is 46.3 Å². The van der Waals surface area contributed by atoms with Gasteiger partial charge in [-0.2, -0.15) is 0 Å². The standard InChI is InChI=1S/C24H31N3O7/c1-15-20(23(28)33-13-11-26(3)4)22(17-8-7-9-18(14-17)27(30)31)21(16(2)25-15)24(29)34-19-10-5-6-12-32-19/h7-9,14,19,22,25H,5-6,10-13H2,1-4H3. The summed E-state index contributed by atoms with van der Waals surface area (Å²) >= 11 is 0. The van der Waals surface area contributed by atoms with Crippen LogP contribution in [0.3, 0.4) is 0 Å². The number of nitro benzene ring substituents is 1. The molecule has 0 bridgehead atoms. The lowest BCUT2D eigenvalue weighted by Gasteiger charge is -2.31. The quantitative estimate of drug-likeness (QED) is 0.345. The molecule has 0 aromatic heterocycles. The first-order chi connectivity index (χ1) is 16.2. The summed E-state index contributed by atoms with van der Waals surface area (Å²) in [6.45, 7) is 4.60. The van der Waals surface area contributed by atoms with Crippen molar-refractivity contribution in [3.05, 3.63) is 62.5 Å². The normalized spacial score (nSPS) is 20.7. The number of rotatable bonds is 8. The number of hydrogen-bond donors (Lipinski definition) is 1. The highest BCUT2D eigenvalue weighted by atomic mass is 16.7. The summed E-state index contributed by atoms with van der Waals surface area (Å²) < 4.78 is 16.7. The van der Waals surface area contributed by atoms with Gasteiger partial charge in [0.05, 0.1) is 28.6 Å². The molecule has 3 rings (SSSR count). The van der Waals surface area contributed by atoms with Crippen molar-refractivity contribution in [1.29, 1.82) is 0 Å². The van der Waals surface area contributed by atoms with E-state index in [4.69, 9.17) is 14.2 Å². The highest BCUT2D eigenvalue weighted by molar-refractivity contribution is 6.00. The molecule has 1 saturated heterocycles. The number of allylic oxidation sites excluding steroid dienone is 2. The molecule has 0 saturated carbocycles. The third kappa shape index (κ3) is 6.00. The molecule has 2 heterocycles. The van der Waals surface area contributed by atoms with Crippen molar-refractivity contribution in [3.63, 3.8) is 0 Å². The van der Waals surface area contributed by atoms with Gasteiger partial charge in [-0.1, -0.05) is 12.1 Å². The van der Waals surface area contributed by atoms with Crippen molar-refractivity contribution in [2.75, 3.05) is 33.9 Å². The molecule has 2 aliphatic heterocycles.